The summed E-state index contributed by atoms with van der Waals surface area (Å²) in [5.74, 6) is 0.189. The number of unbranched alkanes of at least 4 members (excludes halogenated alkanes) is 14. The lowest BCUT2D eigenvalue weighted by Crippen LogP contribution is -3.12. The highest BCUT2D eigenvalue weighted by molar-refractivity contribution is 7.80. The van der Waals surface area contributed by atoms with Gasteiger partial charge in [-0.15, -0.1) is 0 Å². The van der Waals surface area contributed by atoms with Crippen molar-refractivity contribution in [3.63, 3.8) is 0 Å². The lowest BCUT2D eigenvalue weighted by molar-refractivity contribution is -0.897. The lowest BCUT2D eigenvalue weighted by atomic mass is 10.0. The molecule has 0 aliphatic heterocycles. The Labute approximate surface area is 216 Å². The minimum Gasteiger partial charge on any atom is -0.726 e. The van der Waals surface area contributed by atoms with Gasteiger partial charge >= 0.3 is 0 Å². The highest BCUT2D eigenvalue weighted by Crippen LogP contribution is 2.13. The van der Waals surface area contributed by atoms with Crippen molar-refractivity contribution in [2.45, 2.75) is 124 Å². The fourth-order valence-electron chi connectivity index (χ4n) is 3.90. The van der Waals surface area contributed by atoms with Crippen molar-refractivity contribution in [2.24, 2.45) is 0 Å². The standard InChI is InChI=1S/C24H50N2O2.C2H6O4S/c1-3-5-6-7-8-9-10-11-12-13-14-15-16-17-18-19-24(28)25-20-21-26(4-2)22-23-27;1-2-6-7(3,4)5/h27H,3-23H2,1-2H3,(H,25,28);2H2,1H3,(H,3,4,5). The van der Waals surface area contributed by atoms with Crippen LogP contribution in [-0.2, 0) is 19.4 Å². The number of rotatable bonds is 24. The van der Waals surface area contributed by atoms with Gasteiger partial charge in [0.25, 0.3) is 0 Å². The predicted octanol–water partition coefficient (Wildman–Crippen LogP) is 3.74. The van der Waals surface area contributed by atoms with Gasteiger partial charge < -0.3 is 19.9 Å². The number of hydrogen-bond donors (Lipinski definition) is 3. The molecule has 0 saturated carbocycles. The number of likely N-dealkylation sites (N-methyl/N-ethyl adjacent to an activating group) is 1. The van der Waals surface area contributed by atoms with Crippen LogP contribution >= 0.6 is 0 Å². The van der Waals surface area contributed by atoms with Crippen molar-refractivity contribution in [2.75, 3.05) is 39.4 Å². The maximum Gasteiger partial charge on any atom is 0.220 e. The van der Waals surface area contributed by atoms with E-state index >= 15 is 0 Å². The van der Waals surface area contributed by atoms with Gasteiger partial charge in [0.05, 0.1) is 32.8 Å². The van der Waals surface area contributed by atoms with Crippen molar-refractivity contribution in [3.05, 3.63) is 0 Å². The van der Waals surface area contributed by atoms with Crippen LogP contribution in [0, 0.1) is 0 Å². The normalized spacial score (nSPS) is 12.1. The molecule has 0 rings (SSSR count). The van der Waals surface area contributed by atoms with Crippen LogP contribution in [0.5, 0.6) is 0 Å². The molecule has 1 amide bonds. The van der Waals surface area contributed by atoms with Crippen molar-refractivity contribution in [1.29, 1.82) is 0 Å². The van der Waals surface area contributed by atoms with E-state index in [9.17, 15) is 17.8 Å². The van der Waals surface area contributed by atoms with Crippen molar-refractivity contribution >= 4 is 16.3 Å². The van der Waals surface area contributed by atoms with E-state index in [-0.39, 0.29) is 19.1 Å². The third-order valence-corrected chi connectivity index (χ3v) is 6.56. The first-order chi connectivity index (χ1) is 16.8. The summed E-state index contributed by atoms with van der Waals surface area (Å²) in [5.41, 5.74) is 0. The minimum absolute atomic E-state index is 0.0914. The van der Waals surface area contributed by atoms with Crippen LogP contribution in [0.3, 0.4) is 0 Å². The largest absolute Gasteiger partial charge is 0.726 e. The quantitative estimate of drug-likeness (QED) is 0.100. The Balaban J connectivity index is 0. The Bertz CT molecular complexity index is 546. The molecule has 0 saturated heterocycles. The van der Waals surface area contributed by atoms with E-state index in [0.29, 0.717) is 6.42 Å². The topological polar surface area (TPSA) is 120 Å². The zero-order valence-corrected chi connectivity index (χ0v) is 23.8. The third-order valence-electron chi connectivity index (χ3n) is 6.04. The van der Waals surface area contributed by atoms with Crippen LogP contribution < -0.4 is 10.2 Å². The van der Waals surface area contributed by atoms with Gasteiger partial charge in [0.2, 0.25) is 16.3 Å². The summed E-state index contributed by atoms with van der Waals surface area (Å²) in [4.78, 5) is 13.2. The number of hydrogen-bond acceptors (Lipinski definition) is 6. The van der Waals surface area contributed by atoms with Crippen LogP contribution in [0.15, 0.2) is 0 Å². The maximum atomic E-state index is 11.8. The molecule has 0 aromatic carbocycles. The molecular weight excluding hydrogens is 468 g/mol. The molecular formula is C26H56N2O6S. The summed E-state index contributed by atoms with van der Waals surface area (Å²) in [7, 11) is -4.42. The average Bonchev–Trinajstić information content (AvgIpc) is 2.80. The second-order valence-electron chi connectivity index (χ2n) is 9.19. The molecule has 0 heterocycles. The molecule has 9 heteroatoms. The van der Waals surface area contributed by atoms with Crippen molar-refractivity contribution in [1.82, 2.24) is 5.32 Å². The smallest absolute Gasteiger partial charge is 0.220 e. The maximum absolute atomic E-state index is 11.8. The fraction of sp³-hybridized carbons (Fsp3) is 0.962. The lowest BCUT2D eigenvalue weighted by Gasteiger charge is -2.16. The van der Waals surface area contributed by atoms with Gasteiger partial charge in [0, 0.05) is 6.42 Å². The van der Waals surface area contributed by atoms with Crippen molar-refractivity contribution in [3.8, 4) is 0 Å². The fourth-order valence-corrected chi connectivity index (χ4v) is 4.19. The first-order valence-corrected chi connectivity index (χ1v) is 15.4. The van der Waals surface area contributed by atoms with E-state index in [4.69, 9.17) is 5.11 Å². The average molecular weight is 525 g/mol. The summed E-state index contributed by atoms with van der Waals surface area (Å²) < 4.78 is 32.0. The highest BCUT2D eigenvalue weighted by Gasteiger charge is 2.06. The van der Waals surface area contributed by atoms with Gasteiger partial charge in [-0.3, -0.25) is 8.98 Å². The summed E-state index contributed by atoms with van der Waals surface area (Å²) in [5, 5.41) is 12.0. The molecule has 0 bridgehead atoms. The number of amides is 1. The molecule has 0 aromatic heterocycles. The summed E-state index contributed by atoms with van der Waals surface area (Å²) in [6.45, 7) is 9.34. The molecule has 0 fully saturated rings. The second kappa shape index (κ2) is 27.8. The van der Waals surface area contributed by atoms with Crippen LogP contribution in [0.1, 0.15) is 124 Å². The predicted molar refractivity (Wildman–Crippen MR) is 142 cm³/mol. The number of aliphatic hydroxyl groups is 1. The zero-order chi connectivity index (χ0) is 26.6. The highest BCUT2D eigenvalue weighted by atomic mass is 32.3. The molecule has 1 unspecified atom stereocenters. The molecule has 212 valence electrons. The van der Waals surface area contributed by atoms with Crippen LogP contribution in [-0.4, -0.2) is 63.4 Å². The third kappa shape index (κ3) is 33.3. The van der Waals surface area contributed by atoms with E-state index in [0.717, 1.165) is 32.6 Å². The van der Waals surface area contributed by atoms with E-state index < -0.39 is 10.4 Å². The number of nitrogens with one attached hydrogen (secondary N) is 2. The molecule has 1 atom stereocenters. The Morgan fingerprint density at radius 3 is 1.60 bits per heavy atom. The molecule has 8 nitrogen and oxygen atoms in total. The van der Waals surface area contributed by atoms with Crippen LogP contribution in [0.4, 0.5) is 0 Å². The Morgan fingerprint density at radius 1 is 0.800 bits per heavy atom. The van der Waals surface area contributed by atoms with Gasteiger partial charge in [-0.1, -0.05) is 96.8 Å². The number of aliphatic hydroxyl groups excluding tert-OH is 1. The second-order valence-corrected chi connectivity index (χ2v) is 10.2. The van der Waals surface area contributed by atoms with E-state index in [1.165, 1.54) is 102 Å². The van der Waals surface area contributed by atoms with E-state index in [2.05, 4.69) is 23.3 Å². The Kier molecular flexibility index (Phi) is 29.0. The first kappa shape index (κ1) is 36.4. The monoisotopic (exact) mass is 524 g/mol. The van der Waals surface area contributed by atoms with E-state index in [1.807, 2.05) is 0 Å². The number of quaternary nitrogens is 1. The van der Waals surface area contributed by atoms with Gasteiger partial charge in [0.15, 0.2) is 0 Å². The van der Waals surface area contributed by atoms with E-state index in [1.54, 1.807) is 0 Å². The molecule has 0 aromatic rings. The minimum atomic E-state index is -4.42. The van der Waals surface area contributed by atoms with Crippen molar-refractivity contribution < 1.29 is 32.0 Å². The van der Waals surface area contributed by atoms with Crippen LogP contribution in [0.2, 0.25) is 0 Å². The molecule has 3 N–H and O–H groups in total. The first-order valence-electron chi connectivity index (χ1n) is 14.1. The molecule has 35 heavy (non-hydrogen) atoms. The van der Waals surface area contributed by atoms with Gasteiger partial charge in [0.1, 0.15) is 6.54 Å². The summed E-state index contributed by atoms with van der Waals surface area (Å²) >= 11 is 0. The van der Waals surface area contributed by atoms with Gasteiger partial charge in [-0.05, 0) is 20.3 Å². The molecule has 0 spiro atoms. The Morgan fingerprint density at radius 2 is 1.26 bits per heavy atom. The van der Waals surface area contributed by atoms with Gasteiger partial charge in [-0.2, -0.15) is 0 Å². The molecule has 0 radical (unpaired) electrons. The molecule has 0 aliphatic carbocycles. The number of carbonyl (C=O) groups is 1. The number of carbonyl (C=O) groups excluding carboxylic acids is 1. The SMILES string of the molecule is CCCCCCCCCCCCCCCCCC(=O)NCC[NH+](CC)CCO.CCOS(=O)(=O)[O-]. The Hall–Kier alpha value is -0.740. The zero-order valence-electron chi connectivity index (χ0n) is 23.0. The summed E-state index contributed by atoms with van der Waals surface area (Å²) in [6.07, 6.45) is 21.0. The molecule has 0 aliphatic rings. The summed E-state index contributed by atoms with van der Waals surface area (Å²) in [6, 6.07) is 0. The van der Waals surface area contributed by atoms with Crippen LogP contribution in [0.25, 0.3) is 0 Å². The van der Waals surface area contributed by atoms with Gasteiger partial charge in [-0.25, -0.2) is 8.42 Å².